The number of hydrogen-bond donors (Lipinski definition) is 0. The van der Waals surface area contributed by atoms with Gasteiger partial charge in [-0.2, -0.15) is 0 Å². The predicted molar refractivity (Wildman–Crippen MR) is 31.5 cm³/mol. The minimum atomic E-state index is -0.516. The van der Waals surface area contributed by atoms with Crippen LogP contribution in [-0.2, 0) is 0 Å². The van der Waals surface area contributed by atoms with Crippen molar-refractivity contribution in [2.45, 2.75) is 6.92 Å². The Hall–Kier alpha value is -0.570. The largest absolute Gasteiger partial charge is 0.259 e. The van der Waals surface area contributed by atoms with Gasteiger partial charge in [0.25, 0.3) is 0 Å². The number of hydrogen-bond acceptors (Lipinski definition) is 2. The van der Waals surface area contributed by atoms with Gasteiger partial charge in [-0.05, 0) is 6.92 Å². The van der Waals surface area contributed by atoms with E-state index >= 15 is 0 Å². The van der Waals surface area contributed by atoms with E-state index in [0.29, 0.717) is 5.57 Å². The van der Waals surface area contributed by atoms with Crippen molar-refractivity contribution < 1.29 is 4.92 Å². The zero-order chi connectivity index (χ0) is 6.57. The van der Waals surface area contributed by atoms with Crippen LogP contribution in [0.25, 0.3) is 0 Å². The minimum Gasteiger partial charge on any atom is -0.259 e. The maximum Gasteiger partial charge on any atom is 0.234 e. The van der Waals surface area contributed by atoms with Gasteiger partial charge in [0.15, 0.2) is 0 Å². The van der Waals surface area contributed by atoms with Gasteiger partial charge in [-0.1, -0.05) is 0 Å². The summed E-state index contributed by atoms with van der Waals surface area (Å²) in [7, 11) is 0. The summed E-state index contributed by atoms with van der Waals surface area (Å²) in [5.74, 6) is 0.223. The average molecular weight is 136 g/mol. The van der Waals surface area contributed by atoms with Crippen molar-refractivity contribution in [2.24, 2.45) is 0 Å². The zero-order valence-electron chi connectivity index (χ0n) is 4.43. The van der Waals surface area contributed by atoms with Gasteiger partial charge in [-0.3, -0.25) is 10.1 Å². The second-order valence-corrected chi connectivity index (χ2v) is 1.66. The highest BCUT2D eigenvalue weighted by molar-refractivity contribution is 6.19. The van der Waals surface area contributed by atoms with Gasteiger partial charge in [0.1, 0.15) is 0 Å². The Bertz CT molecular complexity index is 121. The van der Waals surface area contributed by atoms with Crippen molar-refractivity contribution in [2.75, 3.05) is 5.88 Å². The van der Waals surface area contributed by atoms with Gasteiger partial charge < -0.3 is 0 Å². The molecular formula is C4H6ClNO2. The smallest absolute Gasteiger partial charge is 0.234 e. The number of halogens is 1. The van der Waals surface area contributed by atoms with Crippen molar-refractivity contribution >= 4 is 11.6 Å². The molecule has 0 aromatic rings. The lowest BCUT2D eigenvalue weighted by atomic mass is 10.4. The number of alkyl halides is 1. The molecule has 0 radical (unpaired) electrons. The summed E-state index contributed by atoms with van der Waals surface area (Å²) >= 11 is 5.22. The summed E-state index contributed by atoms with van der Waals surface area (Å²) in [5, 5.41) is 9.64. The monoisotopic (exact) mass is 135 g/mol. The van der Waals surface area contributed by atoms with E-state index in [4.69, 9.17) is 11.6 Å². The molecule has 0 bridgehead atoms. The molecule has 0 aliphatic rings. The van der Waals surface area contributed by atoms with E-state index in [0.717, 1.165) is 6.20 Å². The molecule has 46 valence electrons. The first-order valence-corrected chi connectivity index (χ1v) is 2.57. The van der Waals surface area contributed by atoms with Crippen molar-refractivity contribution in [3.8, 4) is 0 Å². The lowest BCUT2D eigenvalue weighted by Crippen LogP contribution is -1.87. The molecule has 0 fully saturated rings. The number of allylic oxidation sites excluding steroid dienone is 1. The summed E-state index contributed by atoms with van der Waals surface area (Å²) < 4.78 is 0. The number of rotatable bonds is 2. The van der Waals surface area contributed by atoms with E-state index < -0.39 is 4.92 Å². The topological polar surface area (TPSA) is 43.1 Å². The van der Waals surface area contributed by atoms with E-state index in [-0.39, 0.29) is 5.88 Å². The fraction of sp³-hybridized carbons (Fsp3) is 0.500. The third-order valence-corrected chi connectivity index (χ3v) is 0.958. The molecule has 0 spiro atoms. The van der Waals surface area contributed by atoms with Gasteiger partial charge in [0.2, 0.25) is 6.20 Å². The van der Waals surface area contributed by atoms with E-state index in [9.17, 15) is 10.1 Å². The van der Waals surface area contributed by atoms with Crippen molar-refractivity contribution in [3.63, 3.8) is 0 Å². The van der Waals surface area contributed by atoms with Gasteiger partial charge in [-0.25, -0.2) is 0 Å². The molecule has 0 amide bonds. The maximum atomic E-state index is 9.64. The standard InChI is InChI=1S/C4H6ClNO2/c1-4(2-5)3-6(7)8/h3H,2H2,1H3/b4-3+. The molecule has 0 atom stereocenters. The Balaban J connectivity index is 3.75. The summed E-state index contributed by atoms with van der Waals surface area (Å²) in [6.45, 7) is 1.61. The Morgan fingerprint density at radius 2 is 2.50 bits per heavy atom. The van der Waals surface area contributed by atoms with Crippen LogP contribution in [0.15, 0.2) is 11.8 Å². The van der Waals surface area contributed by atoms with Crippen molar-refractivity contribution in [1.29, 1.82) is 0 Å². The highest BCUT2D eigenvalue weighted by Gasteiger charge is 1.90. The first-order valence-electron chi connectivity index (χ1n) is 2.03. The number of nitrogens with zero attached hydrogens (tertiary/aromatic N) is 1. The molecule has 0 aromatic carbocycles. The van der Waals surface area contributed by atoms with Crippen LogP contribution in [0, 0.1) is 10.1 Å². The van der Waals surface area contributed by atoms with Crippen molar-refractivity contribution in [3.05, 3.63) is 21.9 Å². The first-order chi connectivity index (χ1) is 3.66. The molecular weight excluding hydrogens is 130 g/mol. The zero-order valence-corrected chi connectivity index (χ0v) is 5.18. The quantitative estimate of drug-likeness (QED) is 0.326. The minimum absolute atomic E-state index is 0.223. The van der Waals surface area contributed by atoms with Crippen LogP contribution in [0.1, 0.15) is 6.92 Å². The van der Waals surface area contributed by atoms with Gasteiger partial charge in [0.05, 0.1) is 4.92 Å². The Morgan fingerprint density at radius 3 is 2.62 bits per heavy atom. The molecule has 0 unspecified atom stereocenters. The Labute approximate surface area is 52.1 Å². The predicted octanol–water partition coefficient (Wildman–Crippen LogP) is 1.41. The summed E-state index contributed by atoms with van der Waals surface area (Å²) in [6.07, 6.45) is 0.896. The third-order valence-electron chi connectivity index (χ3n) is 0.537. The molecule has 0 aliphatic carbocycles. The molecule has 0 saturated heterocycles. The van der Waals surface area contributed by atoms with E-state index in [1.165, 1.54) is 0 Å². The molecule has 0 aliphatic heterocycles. The molecule has 0 aromatic heterocycles. The summed E-state index contributed by atoms with van der Waals surface area (Å²) in [5.41, 5.74) is 0.566. The van der Waals surface area contributed by atoms with Crippen LogP contribution < -0.4 is 0 Å². The van der Waals surface area contributed by atoms with E-state index in [1.807, 2.05) is 0 Å². The molecule has 3 nitrogen and oxygen atoms in total. The molecule has 0 N–H and O–H groups in total. The average Bonchev–Trinajstić information content (AvgIpc) is 1.65. The second kappa shape index (κ2) is 3.43. The van der Waals surface area contributed by atoms with Crippen LogP contribution in [0.5, 0.6) is 0 Å². The second-order valence-electron chi connectivity index (χ2n) is 1.39. The van der Waals surface area contributed by atoms with E-state index in [1.54, 1.807) is 6.92 Å². The summed E-state index contributed by atoms with van der Waals surface area (Å²) in [4.78, 5) is 9.12. The fourth-order valence-corrected chi connectivity index (χ4v) is 0.283. The lowest BCUT2D eigenvalue weighted by molar-refractivity contribution is -0.403. The van der Waals surface area contributed by atoms with E-state index in [2.05, 4.69) is 0 Å². The molecule has 4 heteroatoms. The van der Waals surface area contributed by atoms with Gasteiger partial charge in [0, 0.05) is 11.5 Å². The molecule has 8 heavy (non-hydrogen) atoms. The highest BCUT2D eigenvalue weighted by Crippen LogP contribution is 1.93. The highest BCUT2D eigenvalue weighted by atomic mass is 35.5. The van der Waals surface area contributed by atoms with Crippen LogP contribution >= 0.6 is 11.6 Å². The van der Waals surface area contributed by atoms with Crippen LogP contribution in [0.3, 0.4) is 0 Å². The van der Waals surface area contributed by atoms with Gasteiger partial charge >= 0.3 is 0 Å². The van der Waals surface area contributed by atoms with Crippen molar-refractivity contribution in [1.82, 2.24) is 0 Å². The van der Waals surface area contributed by atoms with Crippen LogP contribution in [-0.4, -0.2) is 10.8 Å². The Morgan fingerprint density at radius 1 is 2.00 bits per heavy atom. The van der Waals surface area contributed by atoms with Crippen LogP contribution in [0.4, 0.5) is 0 Å². The third kappa shape index (κ3) is 3.61. The Kier molecular flexibility index (Phi) is 3.19. The molecule has 0 saturated carbocycles. The van der Waals surface area contributed by atoms with Crippen LogP contribution in [0.2, 0.25) is 0 Å². The molecule has 0 heterocycles. The molecule has 0 rings (SSSR count). The fourth-order valence-electron chi connectivity index (χ4n) is 0.214. The summed E-state index contributed by atoms with van der Waals surface area (Å²) in [6, 6.07) is 0. The lowest BCUT2D eigenvalue weighted by Gasteiger charge is -1.83. The first kappa shape index (κ1) is 7.43. The van der Waals surface area contributed by atoms with Gasteiger partial charge in [-0.15, -0.1) is 11.6 Å². The normalized spacial score (nSPS) is 11.5. The number of nitro groups is 1. The SMILES string of the molecule is C/C(=C\[N+](=O)[O-])CCl. The maximum absolute atomic E-state index is 9.64.